The van der Waals surface area contributed by atoms with Gasteiger partial charge in [-0.15, -0.1) is 0 Å². The van der Waals surface area contributed by atoms with Gasteiger partial charge >= 0.3 is 5.97 Å². The molecule has 1 aromatic carbocycles. The van der Waals surface area contributed by atoms with Crippen molar-refractivity contribution in [3.63, 3.8) is 0 Å². The first-order chi connectivity index (χ1) is 7.65. The third-order valence-corrected chi connectivity index (χ3v) is 2.36. The second-order valence-corrected chi connectivity index (χ2v) is 3.90. The predicted molar refractivity (Wildman–Crippen MR) is 61.2 cm³/mol. The maximum Gasteiger partial charge on any atom is 0.341 e. The van der Waals surface area contributed by atoms with Gasteiger partial charge in [-0.3, -0.25) is 0 Å². The largest absolute Gasteiger partial charge is 0.462 e. The molecule has 1 rings (SSSR count). The van der Waals surface area contributed by atoms with Gasteiger partial charge in [-0.2, -0.15) is 0 Å². The quantitative estimate of drug-likeness (QED) is 0.581. The van der Waals surface area contributed by atoms with Crippen LogP contribution in [0.5, 0.6) is 0 Å². The van der Waals surface area contributed by atoms with Gasteiger partial charge in [0, 0.05) is 5.02 Å². The van der Waals surface area contributed by atoms with Crippen LogP contribution in [0.4, 0.5) is 4.39 Å². The number of hydrogen-bond acceptors (Lipinski definition) is 2. The lowest BCUT2D eigenvalue weighted by Crippen LogP contribution is -2.08. The third kappa shape index (κ3) is 3.81. The van der Waals surface area contributed by atoms with Crippen LogP contribution in [-0.2, 0) is 4.74 Å². The average molecular weight is 245 g/mol. The lowest BCUT2D eigenvalue weighted by Gasteiger charge is -2.05. The molecule has 2 nitrogen and oxygen atoms in total. The molecule has 88 valence electrons. The predicted octanol–water partition coefficient (Wildman–Crippen LogP) is 3.83. The number of unbranched alkanes of at least 4 members (excludes halogenated alkanes) is 2. The minimum Gasteiger partial charge on any atom is -0.462 e. The number of rotatable bonds is 5. The fourth-order valence-electron chi connectivity index (χ4n) is 1.25. The van der Waals surface area contributed by atoms with Crippen molar-refractivity contribution in [2.75, 3.05) is 6.61 Å². The number of halogens is 2. The number of carbonyl (C=O) groups is 1. The zero-order chi connectivity index (χ0) is 12.0. The SMILES string of the molecule is CCCCCOC(=O)c1cc(Cl)ccc1F. The van der Waals surface area contributed by atoms with Crippen molar-refractivity contribution < 1.29 is 13.9 Å². The standard InChI is InChI=1S/C12H14ClFO2/c1-2-3-4-7-16-12(15)10-8-9(13)5-6-11(10)14/h5-6,8H,2-4,7H2,1H3. The summed E-state index contributed by atoms with van der Waals surface area (Å²) in [6, 6.07) is 3.83. The van der Waals surface area contributed by atoms with E-state index >= 15 is 0 Å². The smallest absolute Gasteiger partial charge is 0.341 e. The number of ether oxygens (including phenoxy) is 1. The van der Waals surface area contributed by atoms with Crippen molar-refractivity contribution in [3.8, 4) is 0 Å². The van der Waals surface area contributed by atoms with Gasteiger partial charge < -0.3 is 4.74 Å². The third-order valence-electron chi connectivity index (χ3n) is 2.13. The summed E-state index contributed by atoms with van der Waals surface area (Å²) in [6.45, 7) is 2.37. The van der Waals surface area contributed by atoms with E-state index in [0.29, 0.717) is 11.6 Å². The fourth-order valence-corrected chi connectivity index (χ4v) is 1.42. The second-order valence-electron chi connectivity index (χ2n) is 3.47. The molecule has 0 bridgehead atoms. The molecule has 0 unspecified atom stereocenters. The first-order valence-electron chi connectivity index (χ1n) is 5.27. The highest BCUT2D eigenvalue weighted by Gasteiger charge is 2.13. The van der Waals surface area contributed by atoms with Crippen molar-refractivity contribution in [3.05, 3.63) is 34.6 Å². The molecular formula is C12H14ClFO2. The first kappa shape index (κ1) is 13.0. The molecule has 0 saturated heterocycles. The van der Waals surface area contributed by atoms with Gasteiger partial charge in [0.2, 0.25) is 0 Å². The highest BCUT2D eigenvalue weighted by atomic mass is 35.5. The molecule has 0 spiro atoms. The van der Waals surface area contributed by atoms with E-state index in [1.54, 1.807) is 0 Å². The Bertz CT molecular complexity index is 366. The topological polar surface area (TPSA) is 26.3 Å². The molecule has 0 fully saturated rings. The molecule has 0 aromatic heterocycles. The number of hydrogen-bond donors (Lipinski definition) is 0. The van der Waals surface area contributed by atoms with E-state index in [-0.39, 0.29) is 5.56 Å². The van der Waals surface area contributed by atoms with Gasteiger partial charge in [0.1, 0.15) is 5.82 Å². The number of benzene rings is 1. The summed E-state index contributed by atoms with van der Waals surface area (Å²) >= 11 is 5.67. The first-order valence-corrected chi connectivity index (χ1v) is 5.65. The van der Waals surface area contributed by atoms with Crippen LogP contribution >= 0.6 is 11.6 Å². The van der Waals surface area contributed by atoms with E-state index in [0.717, 1.165) is 25.3 Å². The van der Waals surface area contributed by atoms with E-state index in [2.05, 4.69) is 6.92 Å². The van der Waals surface area contributed by atoms with E-state index in [9.17, 15) is 9.18 Å². The summed E-state index contributed by atoms with van der Waals surface area (Å²) in [5, 5.41) is 0.321. The van der Waals surface area contributed by atoms with Gasteiger partial charge in [-0.1, -0.05) is 31.4 Å². The second kappa shape index (κ2) is 6.48. The summed E-state index contributed by atoms with van der Waals surface area (Å²) in [7, 11) is 0. The molecule has 0 amide bonds. The molecule has 1 aromatic rings. The number of esters is 1. The summed E-state index contributed by atoms with van der Waals surface area (Å²) in [5.74, 6) is -1.26. The van der Waals surface area contributed by atoms with Crippen LogP contribution in [0.15, 0.2) is 18.2 Å². The Morgan fingerprint density at radius 2 is 2.19 bits per heavy atom. The Morgan fingerprint density at radius 3 is 2.88 bits per heavy atom. The maximum absolute atomic E-state index is 13.2. The van der Waals surface area contributed by atoms with Crippen LogP contribution < -0.4 is 0 Å². The van der Waals surface area contributed by atoms with E-state index < -0.39 is 11.8 Å². The van der Waals surface area contributed by atoms with Gasteiger partial charge in [-0.25, -0.2) is 9.18 Å². The molecule has 0 radical (unpaired) electrons. The van der Waals surface area contributed by atoms with Gasteiger partial charge in [-0.05, 0) is 24.6 Å². The highest BCUT2D eigenvalue weighted by Crippen LogP contribution is 2.15. The minimum absolute atomic E-state index is 0.107. The Morgan fingerprint density at radius 1 is 1.44 bits per heavy atom. The van der Waals surface area contributed by atoms with Crippen LogP contribution in [-0.4, -0.2) is 12.6 Å². The van der Waals surface area contributed by atoms with Gasteiger partial charge in [0.15, 0.2) is 0 Å². The van der Waals surface area contributed by atoms with Crippen LogP contribution in [0.3, 0.4) is 0 Å². The highest BCUT2D eigenvalue weighted by molar-refractivity contribution is 6.30. The summed E-state index contributed by atoms with van der Waals surface area (Å²) in [6.07, 6.45) is 2.83. The van der Waals surface area contributed by atoms with Crippen LogP contribution in [0.25, 0.3) is 0 Å². The van der Waals surface area contributed by atoms with Gasteiger partial charge in [0.25, 0.3) is 0 Å². The average Bonchev–Trinajstić information content (AvgIpc) is 2.27. The molecule has 0 saturated carbocycles. The Balaban J connectivity index is 2.55. The van der Waals surface area contributed by atoms with Crippen LogP contribution in [0, 0.1) is 5.82 Å². The van der Waals surface area contributed by atoms with E-state index in [1.165, 1.54) is 12.1 Å². The lowest BCUT2D eigenvalue weighted by atomic mass is 10.2. The zero-order valence-corrected chi connectivity index (χ0v) is 9.89. The summed E-state index contributed by atoms with van der Waals surface area (Å²) < 4.78 is 18.2. The monoisotopic (exact) mass is 244 g/mol. The van der Waals surface area contributed by atoms with Crippen molar-refractivity contribution >= 4 is 17.6 Å². The maximum atomic E-state index is 13.2. The van der Waals surface area contributed by atoms with Crippen molar-refractivity contribution in [1.29, 1.82) is 0 Å². The molecular weight excluding hydrogens is 231 g/mol. The summed E-state index contributed by atoms with van der Waals surface area (Å²) in [5.41, 5.74) is -0.107. The van der Waals surface area contributed by atoms with Gasteiger partial charge in [0.05, 0.1) is 12.2 Å². The van der Waals surface area contributed by atoms with Crippen molar-refractivity contribution in [2.24, 2.45) is 0 Å². The summed E-state index contributed by atoms with van der Waals surface area (Å²) in [4.78, 5) is 11.5. The van der Waals surface area contributed by atoms with Crippen LogP contribution in [0.2, 0.25) is 5.02 Å². The molecule has 16 heavy (non-hydrogen) atoms. The molecule has 0 N–H and O–H groups in total. The molecule has 0 aliphatic heterocycles. The number of carbonyl (C=O) groups excluding carboxylic acids is 1. The minimum atomic E-state index is -0.656. The van der Waals surface area contributed by atoms with E-state index in [1.807, 2.05) is 0 Å². The molecule has 0 atom stereocenters. The van der Waals surface area contributed by atoms with Crippen LogP contribution in [0.1, 0.15) is 36.5 Å². The lowest BCUT2D eigenvalue weighted by molar-refractivity contribution is 0.0493. The van der Waals surface area contributed by atoms with Crippen molar-refractivity contribution in [1.82, 2.24) is 0 Å². The van der Waals surface area contributed by atoms with Crippen molar-refractivity contribution in [2.45, 2.75) is 26.2 Å². The molecule has 0 aliphatic carbocycles. The molecule has 4 heteroatoms. The molecule has 0 aliphatic rings. The Labute approximate surface area is 99.4 Å². The Kier molecular flexibility index (Phi) is 5.26. The normalized spacial score (nSPS) is 10.2. The Hall–Kier alpha value is -1.09. The zero-order valence-electron chi connectivity index (χ0n) is 9.13. The van der Waals surface area contributed by atoms with E-state index in [4.69, 9.17) is 16.3 Å². The fraction of sp³-hybridized carbons (Fsp3) is 0.417. The molecule has 0 heterocycles.